The van der Waals surface area contributed by atoms with Gasteiger partial charge in [0.1, 0.15) is 5.69 Å². The average Bonchev–Trinajstić information content (AvgIpc) is 3.33. The summed E-state index contributed by atoms with van der Waals surface area (Å²) in [6.07, 6.45) is 1.09. The Morgan fingerprint density at radius 3 is 2.82 bits per heavy atom. The summed E-state index contributed by atoms with van der Waals surface area (Å²) < 4.78 is 0. The van der Waals surface area contributed by atoms with Crippen LogP contribution in [0, 0.1) is 37.0 Å². The third-order valence-electron chi connectivity index (χ3n) is 6.51. The van der Waals surface area contributed by atoms with Crippen LogP contribution in [0.3, 0.4) is 0 Å². The normalized spacial score (nSPS) is 20.8. The van der Waals surface area contributed by atoms with Crippen LogP contribution in [0.4, 0.5) is 0 Å². The van der Waals surface area contributed by atoms with E-state index in [9.17, 15) is 9.59 Å². The van der Waals surface area contributed by atoms with Gasteiger partial charge in [0, 0.05) is 18.7 Å². The van der Waals surface area contributed by atoms with Crippen molar-refractivity contribution in [3.05, 3.63) is 75.9 Å². The maximum absolute atomic E-state index is 13.6. The number of aromatic nitrogens is 1. The summed E-state index contributed by atoms with van der Waals surface area (Å²) in [6, 6.07) is 16.8. The van der Waals surface area contributed by atoms with Crippen LogP contribution in [-0.2, 0) is 0 Å². The van der Waals surface area contributed by atoms with Crippen molar-refractivity contribution in [1.29, 1.82) is 5.26 Å². The van der Waals surface area contributed by atoms with Crippen LogP contribution in [0.1, 0.15) is 43.4 Å². The largest absolute Gasteiger partial charge is 0.350 e. The van der Waals surface area contributed by atoms with Crippen LogP contribution in [0.5, 0.6) is 0 Å². The Balaban J connectivity index is 1.35. The molecule has 2 aliphatic rings. The molecule has 2 fully saturated rings. The summed E-state index contributed by atoms with van der Waals surface area (Å²) in [7, 11) is 0. The van der Waals surface area contributed by atoms with Gasteiger partial charge in [-0.2, -0.15) is 5.26 Å². The first-order valence-corrected chi connectivity index (χ1v) is 11.9. The van der Waals surface area contributed by atoms with Crippen LogP contribution in [-0.4, -0.2) is 40.8 Å². The Bertz CT molecular complexity index is 1290. The number of carbonyl (C=O) groups excluding carboxylic acids is 2. The maximum atomic E-state index is 13.6. The van der Waals surface area contributed by atoms with Gasteiger partial charge in [-0.15, -0.1) is 11.3 Å². The van der Waals surface area contributed by atoms with Crippen molar-refractivity contribution in [2.45, 2.75) is 26.3 Å². The van der Waals surface area contributed by atoms with Crippen molar-refractivity contribution in [1.82, 2.24) is 15.2 Å². The van der Waals surface area contributed by atoms with E-state index in [-0.39, 0.29) is 17.9 Å². The molecule has 7 heteroatoms. The number of benzene rings is 2. The first-order valence-electron chi connectivity index (χ1n) is 11.1. The summed E-state index contributed by atoms with van der Waals surface area (Å²) in [5, 5.41) is 12.9. The number of hydrogen-bond donors (Lipinski definition) is 1. The molecule has 2 aromatic carbocycles. The number of likely N-dealkylation sites (tertiary alicyclic amines) is 1. The van der Waals surface area contributed by atoms with E-state index in [0.717, 1.165) is 27.4 Å². The molecule has 6 nitrogen and oxygen atoms in total. The van der Waals surface area contributed by atoms with Gasteiger partial charge in [-0.05, 0) is 55.9 Å². The molecule has 3 aromatic rings. The van der Waals surface area contributed by atoms with Gasteiger partial charge in [-0.25, -0.2) is 4.98 Å². The summed E-state index contributed by atoms with van der Waals surface area (Å²) in [4.78, 5) is 33.7. The molecule has 0 spiro atoms. The molecule has 0 unspecified atom stereocenters. The first-order chi connectivity index (χ1) is 15.9. The highest BCUT2D eigenvalue weighted by Gasteiger charge is 2.54. The van der Waals surface area contributed by atoms with E-state index in [4.69, 9.17) is 5.26 Å². The van der Waals surface area contributed by atoms with Gasteiger partial charge in [0.05, 0.1) is 27.6 Å². The quantitative estimate of drug-likeness (QED) is 0.624. The SMILES string of the molecule is Cc1cccc(-c2sc(C)nc2C(=O)N2C[C@H]3C[C@H]3[C@H]2CNC(=O)c2cccc(C#N)c2)c1. The zero-order valence-corrected chi connectivity index (χ0v) is 19.4. The predicted octanol–water partition coefficient (Wildman–Crippen LogP) is 4.19. The van der Waals surface area contributed by atoms with Crippen LogP contribution >= 0.6 is 11.3 Å². The van der Waals surface area contributed by atoms with E-state index < -0.39 is 0 Å². The van der Waals surface area contributed by atoms with E-state index in [0.29, 0.717) is 41.7 Å². The van der Waals surface area contributed by atoms with E-state index in [1.54, 1.807) is 35.6 Å². The first kappa shape index (κ1) is 21.4. The fourth-order valence-electron chi connectivity index (χ4n) is 4.79. The van der Waals surface area contributed by atoms with Crippen molar-refractivity contribution in [3.8, 4) is 16.5 Å². The third-order valence-corrected chi connectivity index (χ3v) is 7.53. The molecule has 5 rings (SSSR count). The Morgan fingerprint density at radius 1 is 1.21 bits per heavy atom. The second-order valence-corrected chi connectivity index (χ2v) is 10.1. The zero-order valence-electron chi connectivity index (χ0n) is 18.5. The number of nitrogens with zero attached hydrogens (tertiary/aromatic N) is 3. The second-order valence-electron chi connectivity index (χ2n) is 8.87. The zero-order chi connectivity index (χ0) is 23.1. The molecule has 1 saturated heterocycles. The van der Waals surface area contributed by atoms with Crippen molar-refractivity contribution < 1.29 is 9.59 Å². The molecule has 33 heavy (non-hydrogen) atoms. The van der Waals surface area contributed by atoms with Crippen molar-refractivity contribution in [2.75, 3.05) is 13.1 Å². The van der Waals surface area contributed by atoms with Gasteiger partial charge in [0.25, 0.3) is 11.8 Å². The summed E-state index contributed by atoms with van der Waals surface area (Å²) in [6.45, 7) is 5.07. The van der Waals surface area contributed by atoms with Gasteiger partial charge in [0.2, 0.25) is 0 Å². The van der Waals surface area contributed by atoms with Gasteiger partial charge in [-0.1, -0.05) is 35.9 Å². The number of thiazole rings is 1. The maximum Gasteiger partial charge on any atom is 0.274 e. The topological polar surface area (TPSA) is 86.1 Å². The van der Waals surface area contributed by atoms with Crippen molar-refractivity contribution in [2.24, 2.45) is 11.8 Å². The van der Waals surface area contributed by atoms with Crippen molar-refractivity contribution in [3.63, 3.8) is 0 Å². The minimum atomic E-state index is -0.228. The van der Waals surface area contributed by atoms with Crippen molar-refractivity contribution >= 4 is 23.2 Å². The number of nitrogens with one attached hydrogen (secondary N) is 1. The molecule has 0 radical (unpaired) electrons. The number of carbonyl (C=O) groups is 2. The van der Waals surface area contributed by atoms with Gasteiger partial charge < -0.3 is 10.2 Å². The monoisotopic (exact) mass is 456 g/mol. The smallest absolute Gasteiger partial charge is 0.274 e. The number of fused-ring (bicyclic) bond motifs is 1. The molecular formula is C26H24N4O2S. The summed E-state index contributed by atoms with van der Waals surface area (Å²) in [5.74, 6) is 0.629. The number of rotatable bonds is 5. The number of amides is 2. The molecule has 2 heterocycles. The highest BCUT2D eigenvalue weighted by atomic mass is 32.1. The number of piperidine rings is 1. The molecule has 3 atom stereocenters. The Kier molecular flexibility index (Phi) is 5.47. The Labute approximate surface area is 196 Å². The van der Waals surface area contributed by atoms with Crippen LogP contribution in [0.2, 0.25) is 0 Å². The molecular weight excluding hydrogens is 432 g/mol. The van der Waals surface area contributed by atoms with Gasteiger partial charge >= 0.3 is 0 Å². The minimum Gasteiger partial charge on any atom is -0.350 e. The fourth-order valence-corrected chi connectivity index (χ4v) is 5.69. The Morgan fingerprint density at radius 2 is 2.03 bits per heavy atom. The lowest BCUT2D eigenvalue weighted by molar-refractivity contribution is 0.0690. The number of hydrogen-bond acceptors (Lipinski definition) is 5. The number of nitriles is 1. The molecule has 1 saturated carbocycles. The summed E-state index contributed by atoms with van der Waals surface area (Å²) in [5.41, 5.74) is 3.55. The van der Waals surface area contributed by atoms with E-state index in [2.05, 4.69) is 22.4 Å². The highest BCUT2D eigenvalue weighted by molar-refractivity contribution is 7.15. The van der Waals surface area contributed by atoms with Gasteiger partial charge in [-0.3, -0.25) is 9.59 Å². The average molecular weight is 457 g/mol. The molecule has 1 aliphatic heterocycles. The Hall–Kier alpha value is -3.50. The molecule has 1 aromatic heterocycles. The van der Waals surface area contributed by atoms with E-state index in [1.165, 1.54) is 0 Å². The molecule has 0 bridgehead atoms. The van der Waals surface area contributed by atoms with Crippen LogP contribution in [0.15, 0.2) is 48.5 Å². The van der Waals surface area contributed by atoms with Crippen LogP contribution in [0.25, 0.3) is 10.4 Å². The molecule has 2 amide bonds. The van der Waals surface area contributed by atoms with Crippen LogP contribution < -0.4 is 5.32 Å². The molecule has 166 valence electrons. The lowest BCUT2D eigenvalue weighted by Gasteiger charge is -2.27. The lowest BCUT2D eigenvalue weighted by atomic mass is 10.1. The standard InChI is InChI=1S/C26H24N4O2S/c1-15-5-3-7-18(9-15)24-23(29-16(2)33-24)26(32)30-14-20-11-21(20)22(30)13-28-25(31)19-8-4-6-17(10-19)12-27/h3-10,20-22H,11,13-14H2,1-2H3,(H,28,31)/t20-,21-,22-/m1/s1. The lowest BCUT2D eigenvalue weighted by Crippen LogP contribution is -2.45. The number of aryl methyl sites for hydroxylation is 2. The second kappa shape index (κ2) is 8.45. The van der Waals surface area contributed by atoms with Gasteiger partial charge in [0.15, 0.2) is 0 Å². The highest BCUT2D eigenvalue weighted by Crippen LogP contribution is 2.50. The van der Waals surface area contributed by atoms with E-state index >= 15 is 0 Å². The van der Waals surface area contributed by atoms with E-state index in [1.807, 2.05) is 36.9 Å². The summed E-state index contributed by atoms with van der Waals surface area (Å²) >= 11 is 1.54. The minimum absolute atomic E-state index is 0.0436. The fraction of sp³-hybridized carbons (Fsp3) is 0.308. The molecule has 1 aliphatic carbocycles. The predicted molar refractivity (Wildman–Crippen MR) is 127 cm³/mol. The molecule has 1 N–H and O–H groups in total. The third kappa shape index (κ3) is 4.14.